The highest BCUT2D eigenvalue weighted by Crippen LogP contribution is 2.33. The van der Waals surface area contributed by atoms with Crippen LogP contribution in [0.4, 0.5) is 5.69 Å². The Bertz CT molecular complexity index is 1140. The van der Waals surface area contributed by atoms with Crippen LogP contribution in [-0.2, 0) is 0 Å². The molecule has 2 aromatic carbocycles. The van der Waals surface area contributed by atoms with Crippen LogP contribution in [0, 0.1) is 21.4 Å². The molecule has 138 valence electrons. The Morgan fingerprint density at radius 1 is 1.14 bits per heavy atom. The summed E-state index contributed by atoms with van der Waals surface area (Å²) in [6.07, 6.45) is 1.49. The summed E-state index contributed by atoms with van der Waals surface area (Å²) in [5.74, 6) is -0.395. The fourth-order valence-electron chi connectivity index (χ4n) is 2.51. The molecule has 0 unspecified atom stereocenters. The Balaban J connectivity index is 1.95. The molecule has 8 heteroatoms. The molecule has 1 aromatic heterocycles. The first-order valence-electron chi connectivity index (χ1n) is 7.88. The van der Waals surface area contributed by atoms with Gasteiger partial charge in [0.2, 0.25) is 0 Å². The van der Waals surface area contributed by atoms with E-state index < -0.39 is 10.9 Å². The van der Waals surface area contributed by atoms with E-state index in [-0.39, 0.29) is 16.8 Å². The number of hydrogen-bond acceptors (Lipinski definition) is 5. The van der Waals surface area contributed by atoms with Crippen LogP contribution in [0.3, 0.4) is 0 Å². The molecule has 0 spiro atoms. The van der Waals surface area contributed by atoms with Crippen LogP contribution in [0.1, 0.15) is 21.7 Å². The minimum Gasteiger partial charge on any atom is -0.478 e. The van der Waals surface area contributed by atoms with E-state index in [1.807, 2.05) is 6.07 Å². The van der Waals surface area contributed by atoms with E-state index in [2.05, 4.69) is 0 Å². The number of allylic oxidation sites excluding steroid dienone is 1. The molecular weight excluding hydrogens is 384 g/mol. The van der Waals surface area contributed by atoms with Crippen molar-refractivity contribution in [2.45, 2.75) is 0 Å². The fraction of sp³-hybridized carbons (Fsp3) is 0. The van der Waals surface area contributed by atoms with E-state index in [0.29, 0.717) is 27.7 Å². The lowest BCUT2D eigenvalue weighted by molar-refractivity contribution is -0.384. The number of furan rings is 1. The van der Waals surface area contributed by atoms with Crippen LogP contribution < -0.4 is 0 Å². The molecule has 28 heavy (non-hydrogen) atoms. The summed E-state index contributed by atoms with van der Waals surface area (Å²) < 4.78 is 5.67. The molecule has 0 bridgehead atoms. The number of nitrogens with zero attached hydrogens (tertiary/aromatic N) is 2. The molecular formula is C20H11ClN2O5. The second-order valence-corrected chi connectivity index (χ2v) is 6.08. The van der Waals surface area contributed by atoms with Gasteiger partial charge in [-0.3, -0.25) is 10.1 Å². The van der Waals surface area contributed by atoms with E-state index in [4.69, 9.17) is 21.1 Å². The summed E-state index contributed by atoms with van der Waals surface area (Å²) in [7, 11) is 0. The number of nitriles is 1. The summed E-state index contributed by atoms with van der Waals surface area (Å²) in [4.78, 5) is 21.4. The second kappa shape index (κ2) is 7.78. The van der Waals surface area contributed by atoms with E-state index in [0.717, 1.165) is 0 Å². The third-order valence-electron chi connectivity index (χ3n) is 3.90. The number of aromatic carboxylic acids is 1. The van der Waals surface area contributed by atoms with Gasteiger partial charge in [0, 0.05) is 17.7 Å². The van der Waals surface area contributed by atoms with Gasteiger partial charge >= 0.3 is 5.97 Å². The molecule has 3 aromatic rings. The summed E-state index contributed by atoms with van der Waals surface area (Å²) >= 11 is 6.12. The van der Waals surface area contributed by atoms with Crippen molar-refractivity contribution in [1.29, 1.82) is 5.26 Å². The van der Waals surface area contributed by atoms with Crippen LogP contribution in [-0.4, -0.2) is 16.0 Å². The second-order valence-electron chi connectivity index (χ2n) is 5.68. The topological polar surface area (TPSA) is 117 Å². The molecule has 1 N–H and O–H groups in total. The molecule has 1 heterocycles. The van der Waals surface area contributed by atoms with Gasteiger partial charge in [0.1, 0.15) is 11.5 Å². The molecule has 0 aliphatic rings. The minimum atomic E-state index is -1.06. The van der Waals surface area contributed by atoms with E-state index >= 15 is 0 Å². The van der Waals surface area contributed by atoms with Gasteiger partial charge < -0.3 is 9.52 Å². The Morgan fingerprint density at radius 3 is 2.43 bits per heavy atom. The van der Waals surface area contributed by atoms with Crippen molar-refractivity contribution >= 4 is 34.9 Å². The zero-order valence-electron chi connectivity index (χ0n) is 14.1. The number of carboxylic acids is 1. The van der Waals surface area contributed by atoms with Crippen LogP contribution in [0.15, 0.2) is 59.0 Å². The van der Waals surface area contributed by atoms with Gasteiger partial charge in [-0.25, -0.2) is 4.79 Å². The monoisotopic (exact) mass is 394 g/mol. The average molecular weight is 395 g/mol. The van der Waals surface area contributed by atoms with Crippen LogP contribution in [0.5, 0.6) is 0 Å². The van der Waals surface area contributed by atoms with Crippen molar-refractivity contribution < 1.29 is 19.2 Å². The first kappa shape index (κ1) is 18.9. The first-order valence-corrected chi connectivity index (χ1v) is 8.26. The van der Waals surface area contributed by atoms with E-state index in [1.54, 1.807) is 12.1 Å². The van der Waals surface area contributed by atoms with Crippen molar-refractivity contribution in [2.24, 2.45) is 0 Å². The summed E-state index contributed by atoms with van der Waals surface area (Å²) in [6, 6.07) is 15.1. The lowest BCUT2D eigenvalue weighted by Crippen LogP contribution is -1.95. The van der Waals surface area contributed by atoms with Crippen LogP contribution in [0.25, 0.3) is 23.0 Å². The van der Waals surface area contributed by atoms with Crippen molar-refractivity contribution in [3.63, 3.8) is 0 Å². The Morgan fingerprint density at radius 2 is 1.82 bits per heavy atom. The number of non-ortho nitro benzene ring substituents is 1. The van der Waals surface area contributed by atoms with Crippen molar-refractivity contribution in [3.8, 4) is 17.4 Å². The van der Waals surface area contributed by atoms with Crippen LogP contribution >= 0.6 is 11.6 Å². The van der Waals surface area contributed by atoms with Crippen molar-refractivity contribution in [2.75, 3.05) is 0 Å². The highest BCUT2D eigenvalue weighted by atomic mass is 35.5. The lowest BCUT2D eigenvalue weighted by Gasteiger charge is -2.01. The molecule has 0 saturated carbocycles. The van der Waals surface area contributed by atoms with Gasteiger partial charge in [-0.15, -0.1) is 0 Å². The SMILES string of the molecule is N#C/C(=C/c1ccc(-c2cc([N+](=O)[O-])ccc2Cl)o1)c1ccc(C(=O)O)cc1. The zero-order chi connectivity index (χ0) is 20.3. The van der Waals surface area contributed by atoms with Crippen LogP contribution in [0.2, 0.25) is 5.02 Å². The molecule has 0 amide bonds. The smallest absolute Gasteiger partial charge is 0.335 e. The molecule has 0 aliphatic carbocycles. The van der Waals surface area contributed by atoms with Gasteiger partial charge in [-0.2, -0.15) is 5.26 Å². The maximum atomic E-state index is 11.0. The van der Waals surface area contributed by atoms with Gasteiger partial charge in [-0.05, 0) is 42.0 Å². The number of carbonyl (C=O) groups is 1. The van der Waals surface area contributed by atoms with Crippen molar-refractivity contribution in [3.05, 3.63) is 86.6 Å². The Hall–Kier alpha value is -3.89. The molecule has 0 radical (unpaired) electrons. The number of nitro benzene ring substituents is 1. The van der Waals surface area contributed by atoms with E-state index in [1.165, 1.54) is 48.5 Å². The number of carboxylic acid groups (broad SMARTS) is 1. The maximum absolute atomic E-state index is 11.0. The number of rotatable bonds is 5. The minimum absolute atomic E-state index is 0.113. The molecule has 3 rings (SSSR count). The molecule has 0 aliphatic heterocycles. The van der Waals surface area contributed by atoms with Gasteiger partial charge in [-0.1, -0.05) is 23.7 Å². The van der Waals surface area contributed by atoms with Gasteiger partial charge in [0.15, 0.2) is 0 Å². The number of nitro groups is 1. The molecule has 0 atom stereocenters. The number of benzene rings is 2. The third kappa shape index (κ3) is 3.92. The molecule has 0 fully saturated rings. The highest BCUT2D eigenvalue weighted by molar-refractivity contribution is 6.33. The highest BCUT2D eigenvalue weighted by Gasteiger charge is 2.14. The summed E-state index contributed by atoms with van der Waals surface area (Å²) in [6.45, 7) is 0. The third-order valence-corrected chi connectivity index (χ3v) is 4.23. The van der Waals surface area contributed by atoms with Crippen molar-refractivity contribution in [1.82, 2.24) is 0 Å². The Labute approximate surface area is 163 Å². The largest absolute Gasteiger partial charge is 0.478 e. The summed E-state index contributed by atoms with van der Waals surface area (Å²) in [5.41, 5.74) is 1.15. The molecule has 0 saturated heterocycles. The van der Waals surface area contributed by atoms with Gasteiger partial charge in [0.25, 0.3) is 5.69 Å². The predicted molar refractivity (Wildman–Crippen MR) is 103 cm³/mol. The average Bonchev–Trinajstić information content (AvgIpc) is 3.14. The fourth-order valence-corrected chi connectivity index (χ4v) is 2.72. The number of hydrogen-bond donors (Lipinski definition) is 1. The Kier molecular flexibility index (Phi) is 5.25. The maximum Gasteiger partial charge on any atom is 0.335 e. The molecule has 7 nitrogen and oxygen atoms in total. The predicted octanol–water partition coefficient (Wildman–Crippen LogP) is 5.27. The quantitative estimate of drug-likeness (QED) is 0.357. The van der Waals surface area contributed by atoms with Gasteiger partial charge in [0.05, 0.1) is 27.2 Å². The van der Waals surface area contributed by atoms with E-state index in [9.17, 15) is 20.2 Å². The summed E-state index contributed by atoms with van der Waals surface area (Å²) in [5, 5.41) is 29.6. The zero-order valence-corrected chi connectivity index (χ0v) is 14.9. The normalized spacial score (nSPS) is 11.1. The lowest BCUT2D eigenvalue weighted by atomic mass is 10.0. The first-order chi connectivity index (χ1) is 13.4. The standard InChI is InChI=1S/C20H11ClN2O5/c21-18-7-5-15(23(26)27)10-17(18)19-8-6-16(28-19)9-14(11-22)12-1-3-13(4-2-12)20(24)25/h1-10H,(H,24,25)/b14-9-. The number of halogens is 1.